The number of ether oxygens (including phenoxy) is 2. The van der Waals surface area contributed by atoms with E-state index < -0.39 is 11.9 Å². The minimum Gasteiger partial charge on any atom is -0.458 e. The Bertz CT molecular complexity index is 1890. The number of anilines is 3. The third kappa shape index (κ3) is 5.20. The van der Waals surface area contributed by atoms with Crippen LogP contribution in [0.25, 0.3) is 32.3 Å². The molecule has 0 radical (unpaired) electrons. The molecule has 0 atom stereocenters. The van der Waals surface area contributed by atoms with Crippen molar-refractivity contribution in [1.82, 2.24) is 0 Å². The van der Waals surface area contributed by atoms with Crippen molar-refractivity contribution >= 4 is 61.3 Å². The van der Waals surface area contributed by atoms with Gasteiger partial charge >= 0.3 is 11.9 Å². The molecule has 6 aromatic rings. The highest BCUT2D eigenvalue weighted by Gasteiger charge is 2.17. The number of hydrogen-bond donors (Lipinski definition) is 0. The van der Waals surface area contributed by atoms with Crippen molar-refractivity contribution in [2.45, 2.75) is 20.1 Å². The SMILES string of the molecule is C=CC(=O)OCc1ccc(N(c2ccc(COC(=O)C(=C)C)cc2)c2cc3ccc4cccc5ccc(c2)c3c45)cc1. The Hall–Kier alpha value is -5.42. The lowest BCUT2D eigenvalue weighted by atomic mass is 9.93. The van der Waals surface area contributed by atoms with Crippen LogP contribution >= 0.6 is 0 Å². The highest BCUT2D eigenvalue weighted by molar-refractivity contribution is 6.23. The highest BCUT2D eigenvalue weighted by Crippen LogP contribution is 2.41. The zero-order chi connectivity index (χ0) is 29.2. The molecule has 0 aromatic heterocycles. The third-order valence-electron chi connectivity index (χ3n) is 7.36. The first-order valence-corrected chi connectivity index (χ1v) is 13.7. The molecule has 42 heavy (non-hydrogen) atoms. The molecular formula is C37H29NO4. The Morgan fingerprint density at radius 2 is 1.14 bits per heavy atom. The molecule has 0 aliphatic rings. The van der Waals surface area contributed by atoms with Crippen molar-refractivity contribution in [3.8, 4) is 0 Å². The number of esters is 2. The second-order valence-electron chi connectivity index (χ2n) is 10.3. The first-order chi connectivity index (χ1) is 20.4. The van der Waals surface area contributed by atoms with Crippen LogP contribution in [0.15, 0.2) is 128 Å². The van der Waals surface area contributed by atoms with Crippen LogP contribution in [0.4, 0.5) is 17.1 Å². The molecule has 0 bridgehead atoms. The smallest absolute Gasteiger partial charge is 0.333 e. The molecule has 0 spiro atoms. The fraction of sp³-hybridized carbons (Fsp3) is 0.0811. The van der Waals surface area contributed by atoms with Gasteiger partial charge in [-0.25, -0.2) is 9.59 Å². The quantitative estimate of drug-likeness (QED) is 0.102. The lowest BCUT2D eigenvalue weighted by Crippen LogP contribution is -2.11. The maximum atomic E-state index is 11.9. The average Bonchev–Trinajstić information content (AvgIpc) is 3.02. The van der Waals surface area contributed by atoms with Crippen LogP contribution < -0.4 is 4.90 Å². The van der Waals surface area contributed by atoms with Gasteiger partial charge in [-0.1, -0.05) is 79.9 Å². The zero-order valence-electron chi connectivity index (χ0n) is 23.3. The van der Waals surface area contributed by atoms with Gasteiger partial charge in [-0.2, -0.15) is 0 Å². The average molecular weight is 552 g/mol. The second kappa shape index (κ2) is 11.2. The summed E-state index contributed by atoms with van der Waals surface area (Å²) in [7, 11) is 0. The summed E-state index contributed by atoms with van der Waals surface area (Å²) in [5, 5.41) is 7.30. The largest absolute Gasteiger partial charge is 0.458 e. The molecule has 206 valence electrons. The van der Waals surface area contributed by atoms with Crippen molar-refractivity contribution in [3.63, 3.8) is 0 Å². The molecule has 6 aromatic carbocycles. The van der Waals surface area contributed by atoms with E-state index in [0.29, 0.717) is 5.57 Å². The molecule has 0 aliphatic heterocycles. The number of carbonyl (C=O) groups excluding carboxylic acids is 2. The van der Waals surface area contributed by atoms with Crippen molar-refractivity contribution < 1.29 is 19.1 Å². The first-order valence-electron chi connectivity index (χ1n) is 13.7. The van der Waals surface area contributed by atoms with Crippen molar-refractivity contribution in [3.05, 3.63) is 139 Å². The van der Waals surface area contributed by atoms with E-state index in [4.69, 9.17) is 9.47 Å². The lowest BCUT2D eigenvalue weighted by molar-refractivity contribution is -0.140. The van der Waals surface area contributed by atoms with E-state index in [1.807, 2.05) is 48.5 Å². The molecular weight excluding hydrogens is 522 g/mol. The number of rotatable bonds is 9. The Labute approximate surface area is 244 Å². The lowest BCUT2D eigenvalue weighted by Gasteiger charge is -2.27. The topological polar surface area (TPSA) is 55.8 Å². The third-order valence-corrected chi connectivity index (χ3v) is 7.36. The maximum Gasteiger partial charge on any atom is 0.333 e. The highest BCUT2D eigenvalue weighted by atomic mass is 16.5. The number of carbonyl (C=O) groups is 2. The standard InChI is InChI=1S/C37H29NO4/c1-4-34(39)41-22-25-8-16-31(17-9-25)38(32-18-10-26(11-19-32)23-42-37(40)24(2)3)33-20-29-14-12-27-6-5-7-28-13-15-30(21-33)36(29)35(27)28/h4-21H,1-2,22-23H2,3H3. The van der Waals surface area contributed by atoms with Gasteiger partial charge in [-0.15, -0.1) is 0 Å². The summed E-state index contributed by atoms with van der Waals surface area (Å²) >= 11 is 0. The van der Waals surface area contributed by atoms with Crippen LogP contribution in [-0.2, 0) is 32.3 Å². The summed E-state index contributed by atoms with van der Waals surface area (Å²) < 4.78 is 10.6. The zero-order valence-corrected chi connectivity index (χ0v) is 23.3. The minimum atomic E-state index is -0.455. The second-order valence-corrected chi connectivity index (χ2v) is 10.3. The Morgan fingerprint density at radius 1 is 0.667 bits per heavy atom. The van der Waals surface area contributed by atoms with Crippen molar-refractivity contribution in [1.29, 1.82) is 0 Å². The summed E-state index contributed by atoms with van der Waals surface area (Å²) in [4.78, 5) is 25.6. The predicted octanol–water partition coefficient (Wildman–Crippen LogP) is 8.90. The van der Waals surface area contributed by atoms with Gasteiger partial charge in [0.15, 0.2) is 0 Å². The van der Waals surface area contributed by atoms with Gasteiger partial charge in [0.2, 0.25) is 0 Å². The van der Waals surface area contributed by atoms with Crippen LogP contribution in [0.5, 0.6) is 0 Å². The number of benzene rings is 6. The molecule has 0 saturated carbocycles. The number of nitrogens with zero attached hydrogens (tertiary/aromatic N) is 1. The molecule has 0 N–H and O–H groups in total. The van der Waals surface area contributed by atoms with E-state index in [2.05, 4.69) is 72.7 Å². The fourth-order valence-corrected chi connectivity index (χ4v) is 5.28. The van der Waals surface area contributed by atoms with Gasteiger partial charge in [-0.3, -0.25) is 0 Å². The van der Waals surface area contributed by atoms with E-state index in [1.165, 1.54) is 21.5 Å². The van der Waals surface area contributed by atoms with Crippen LogP contribution in [0, 0.1) is 0 Å². The molecule has 0 amide bonds. The fourth-order valence-electron chi connectivity index (χ4n) is 5.28. The van der Waals surface area contributed by atoms with Gasteiger partial charge in [0.1, 0.15) is 13.2 Å². The van der Waals surface area contributed by atoms with Crippen molar-refractivity contribution in [2.75, 3.05) is 4.90 Å². The van der Waals surface area contributed by atoms with Gasteiger partial charge in [0.25, 0.3) is 0 Å². The normalized spacial score (nSPS) is 11.1. The van der Waals surface area contributed by atoms with Crippen molar-refractivity contribution in [2.24, 2.45) is 0 Å². The van der Waals surface area contributed by atoms with Gasteiger partial charge in [-0.05, 0) is 86.8 Å². The van der Waals surface area contributed by atoms with E-state index in [0.717, 1.165) is 45.0 Å². The van der Waals surface area contributed by atoms with E-state index in [9.17, 15) is 9.59 Å². The van der Waals surface area contributed by atoms with E-state index in [1.54, 1.807) is 6.92 Å². The van der Waals surface area contributed by atoms with E-state index >= 15 is 0 Å². The summed E-state index contributed by atoms with van der Waals surface area (Å²) in [6.45, 7) is 9.07. The van der Waals surface area contributed by atoms with Gasteiger partial charge in [0, 0.05) is 28.7 Å². The minimum absolute atomic E-state index is 0.170. The molecule has 5 heteroatoms. The first kappa shape index (κ1) is 26.8. The van der Waals surface area contributed by atoms with Crippen LogP contribution in [0.3, 0.4) is 0 Å². The molecule has 0 saturated heterocycles. The summed E-state index contributed by atoms with van der Waals surface area (Å²) in [5.74, 6) is -0.864. The van der Waals surface area contributed by atoms with E-state index in [-0.39, 0.29) is 13.2 Å². The van der Waals surface area contributed by atoms with Crippen LogP contribution in [0.1, 0.15) is 18.1 Å². The Kier molecular flexibility index (Phi) is 7.16. The van der Waals surface area contributed by atoms with Crippen LogP contribution in [-0.4, -0.2) is 11.9 Å². The Balaban J connectivity index is 1.42. The molecule has 0 unspecified atom stereocenters. The molecule has 6 rings (SSSR count). The monoisotopic (exact) mass is 551 g/mol. The van der Waals surface area contributed by atoms with Crippen LogP contribution in [0.2, 0.25) is 0 Å². The Morgan fingerprint density at radius 3 is 1.64 bits per heavy atom. The predicted molar refractivity (Wildman–Crippen MR) is 169 cm³/mol. The number of hydrogen-bond acceptors (Lipinski definition) is 5. The molecule has 0 aliphatic carbocycles. The molecule has 0 fully saturated rings. The maximum absolute atomic E-state index is 11.9. The van der Waals surface area contributed by atoms with Gasteiger partial charge in [0.05, 0.1) is 0 Å². The molecule has 0 heterocycles. The summed E-state index contributed by atoms with van der Waals surface area (Å²) in [6.07, 6.45) is 1.16. The van der Waals surface area contributed by atoms with Gasteiger partial charge < -0.3 is 14.4 Å². The summed E-state index contributed by atoms with van der Waals surface area (Å²) in [6, 6.07) is 35.5. The molecule has 5 nitrogen and oxygen atoms in total. The summed E-state index contributed by atoms with van der Waals surface area (Å²) in [5.41, 5.74) is 5.02.